The normalized spacial score (nSPS) is 20.3. The largest absolute Gasteiger partial charge is 0.373 e. The van der Waals surface area contributed by atoms with Crippen LogP contribution >= 0.6 is 11.6 Å². The molecule has 1 amide bonds. The number of hydrogen-bond acceptors (Lipinski definition) is 2. The molecule has 1 aliphatic heterocycles. The Bertz CT molecular complexity index is 419. The third kappa shape index (κ3) is 2.00. The Kier molecular flexibility index (Phi) is 3.06. The van der Waals surface area contributed by atoms with Crippen LogP contribution in [0.15, 0.2) is 18.2 Å². The highest BCUT2D eigenvalue weighted by molar-refractivity contribution is 6.31. The minimum Gasteiger partial charge on any atom is -0.373 e. The maximum absolute atomic E-state index is 11.7. The fraction of sp³-hybridized carbons (Fsp3) is 0.417. The van der Waals surface area contributed by atoms with Crippen LogP contribution in [0.5, 0.6) is 0 Å². The highest BCUT2D eigenvalue weighted by Crippen LogP contribution is 2.25. The first-order chi connectivity index (χ1) is 7.59. The molecule has 1 fully saturated rings. The summed E-state index contributed by atoms with van der Waals surface area (Å²) in [5.74, 6) is 0.152. The number of nitrogens with zero attached hydrogens (tertiary/aromatic N) is 1. The zero-order valence-electron chi connectivity index (χ0n) is 9.46. The van der Waals surface area contributed by atoms with Crippen molar-refractivity contribution in [3.05, 3.63) is 28.8 Å². The van der Waals surface area contributed by atoms with E-state index in [0.29, 0.717) is 0 Å². The van der Waals surface area contributed by atoms with Gasteiger partial charge in [0.2, 0.25) is 5.91 Å². The number of rotatable bonds is 2. The lowest BCUT2D eigenvalue weighted by atomic mass is 10.1. The first kappa shape index (κ1) is 11.3. The summed E-state index contributed by atoms with van der Waals surface area (Å²) < 4.78 is 0. The Morgan fingerprint density at radius 2 is 2.25 bits per heavy atom. The first-order valence-electron chi connectivity index (χ1n) is 5.36. The molecule has 1 aliphatic rings. The average molecular weight is 239 g/mol. The number of halogens is 1. The summed E-state index contributed by atoms with van der Waals surface area (Å²) in [7, 11) is 1.83. The van der Waals surface area contributed by atoms with E-state index in [1.165, 1.54) is 0 Å². The number of amides is 1. The molecule has 0 radical (unpaired) electrons. The molecule has 86 valence electrons. The molecule has 4 heteroatoms. The highest BCUT2D eigenvalue weighted by atomic mass is 35.5. The highest BCUT2D eigenvalue weighted by Gasteiger charge is 2.28. The number of likely N-dealkylation sites (tertiary alicyclic amines) is 1. The average Bonchev–Trinajstić information content (AvgIpc) is 2.57. The summed E-state index contributed by atoms with van der Waals surface area (Å²) in [5, 5.41) is 3.98. The number of anilines is 1. The SMILES string of the molecule is Cc1c(Cl)cccc1NC1CCN(C)C1=O. The molecule has 1 aromatic carbocycles. The maximum atomic E-state index is 11.7. The lowest BCUT2D eigenvalue weighted by Crippen LogP contribution is -2.31. The van der Waals surface area contributed by atoms with Gasteiger partial charge in [0.05, 0.1) is 0 Å². The predicted molar refractivity (Wildman–Crippen MR) is 65.9 cm³/mol. The quantitative estimate of drug-likeness (QED) is 0.858. The Morgan fingerprint density at radius 1 is 1.50 bits per heavy atom. The lowest BCUT2D eigenvalue weighted by molar-refractivity contribution is -0.127. The van der Waals surface area contributed by atoms with E-state index >= 15 is 0 Å². The van der Waals surface area contributed by atoms with Gasteiger partial charge < -0.3 is 10.2 Å². The molecule has 16 heavy (non-hydrogen) atoms. The molecular formula is C12H15ClN2O. The Balaban J connectivity index is 2.16. The number of likely N-dealkylation sites (N-methyl/N-ethyl adjacent to an activating group) is 1. The predicted octanol–water partition coefficient (Wildman–Crippen LogP) is 2.29. The minimum absolute atomic E-state index is 0.109. The van der Waals surface area contributed by atoms with Crippen LogP contribution in [0.3, 0.4) is 0 Å². The van der Waals surface area contributed by atoms with Crippen molar-refractivity contribution in [2.24, 2.45) is 0 Å². The van der Waals surface area contributed by atoms with Crippen LogP contribution < -0.4 is 5.32 Å². The van der Waals surface area contributed by atoms with Gasteiger partial charge in [0.25, 0.3) is 0 Å². The van der Waals surface area contributed by atoms with E-state index in [1.807, 2.05) is 32.2 Å². The van der Waals surface area contributed by atoms with Crippen molar-refractivity contribution in [1.29, 1.82) is 0 Å². The van der Waals surface area contributed by atoms with Gasteiger partial charge in [-0.05, 0) is 31.0 Å². The molecule has 1 saturated heterocycles. The molecular weight excluding hydrogens is 224 g/mol. The fourth-order valence-electron chi connectivity index (χ4n) is 1.91. The number of hydrogen-bond donors (Lipinski definition) is 1. The summed E-state index contributed by atoms with van der Waals surface area (Å²) in [4.78, 5) is 13.5. The van der Waals surface area contributed by atoms with Crippen LogP contribution in [0.4, 0.5) is 5.69 Å². The second-order valence-electron chi connectivity index (χ2n) is 4.16. The second kappa shape index (κ2) is 4.34. The summed E-state index contributed by atoms with van der Waals surface area (Å²) in [6, 6.07) is 5.58. The molecule has 1 N–H and O–H groups in total. The van der Waals surface area contributed by atoms with Crippen LogP contribution in [-0.2, 0) is 4.79 Å². The van der Waals surface area contributed by atoms with Crippen LogP contribution in [0.2, 0.25) is 5.02 Å². The van der Waals surface area contributed by atoms with Crippen LogP contribution in [0.25, 0.3) is 0 Å². The Morgan fingerprint density at radius 3 is 2.88 bits per heavy atom. The molecule has 1 heterocycles. The first-order valence-corrected chi connectivity index (χ1v) is 5.74. The molecule has 0 aliphatic carbocycles. The van der Waals surface area contributed by atoms with Gasteiger partial charge in [0.1, 0.15) is 6.04 Å². The van der Waals surface area contributed by atoms with Crippen molar-refractivity contribution < 1.29 is 4.79 Å². The molecule has 1 aromatic rings. The number of benzene rings is 1. The van der Waals surface area contributed by atoms with Gasteiger partial charge in [0.15, 0.2) is 0 Å². The van der Waals surface area contributed by atoms with Gasteiger partial charge in [-0.25, -0.2) is 0 Å². The van der Waals surface area contributed by atoms with E-state index in [-0.39, 0.29) is 11.9 Å². The van der Waals surface area contributed by atoms with E-state index in [2.05, 4.69) is 5.32 Å². The zero-order valence-corrected chi connectivity index (χ0v) is 10.2. The molecule has 0 saturated carbocycles. The van der Waals surface area contributed by atoms with Gasteiger partial charge in [-0.3, -0.25) is 4.79 Å². The van der Waals surface area contributed by atoms with Crippen molar-refractivity contribution in [3.8, 4) is 0 Å². The van der Waals surface area contributed by atoms with E-state index in [0.717, 1.165) is 29.2 Å². The molecule has 0 bridgehead atoms. The van der Waals surface area contributed by atoms with Crippen molar-refractivity contribution in [1.82, 2.24) is 4.90 Å². The standard InChI is InChI=1S/C12H15ClN2O/c1-8-9(13)4-3-5-10(8)14-11-6-7-15(2)12(11)16/h3-5,11,14H,6-7H2,1-2H3. The minimum atomic E-state index is -0.109. The van der Waals surface area contributed by atoms with Crippen LogP contribution in [0, 0.1) is 6.92 Å². The Hall–Kier alpha value is -1.22. The van der Waals surface area contributed by atoms with Crippen LogP contribution in [-0.4, -0.2) is 30.4 Å². The molecule has 0 aromatic heterocycles. The van der Waals surface area contributed by atoms with E-state index in [4.69, 9.17) is 11.6 Å². The van der Waals surface area contributed by atoms with E-state index in [9.17, 15) is 4.79 Å². The third-order valence-corrected chi connectivity index (χ3v) is 3.43. The van der Waals surface area contributed by atoms with Crippen molar-refractivity contribution in [3.63, 3.8) is 0 Å². The number of nitrogens with one attached hydrogen (secondary N) is 1. The molecule has 0 spiro atoms. The third-order valence-electron chi connectivity index (χ3n) is 3.02. The van der Waals surface area contributed by atoms with Crippen molar-refractivity contribution in [2.75, 3.05) is 18.9 Å². The number of carbonyl (C=O) groups is 1. The second-order valence-corrected chi connectivity index (χ2v) is 4.56. The van der Waals surface area contributed by atoms with Crippen molar-refractivity contribution >= 4 is 23.2 Å². The summed E-state index contributed by atoms with van der Waals surface area (Å²) >= 11 is 6.03. The smallest absolute Gasteiger partial charge is 0.244 e. The molecule has 3 nitrogen and oxygen atoms in total. The van der Waals surface area contributed by atoms with Gasteiger partial charge in [-0.15, -0.1) is 0 Å². The summed E-state index contributed by atoms with van der Waals surface area (Å²) in [5.41, 5.74) is 1.94. The maximum Gasteiger partial charge on any atom is 0.244 e. The van der Waals surface area contributed by atoms with Crippen molar-refractivity contribution in [2.45, 2.75) is 19.4 Å². The molecule has 1 unspecified atom stereocenters. The lowest BCUT2D eigenvalue weighted by Gasteiger charge is -2.15. The van der Waals surface area contributed by atoms with Gasteiger partial charge in [-0.2, -0.15) is 0 Å². The Labute approximate surface area is 100 Å². The number of carbonyl (C=O) groups excluding carboxylic acids is 1. The van der Waals surface area contributed by atoms with Gasteiger partial charge >= 0.3 is 0 Å². The van der Waals surface area contributed by atoms with E-state index in [1.54, 1.807) is 4.90 Å². The molecule has 2 rings (SSSR count). The zero-order chi connectivity index (χ0) is 11.7. The fourth-order valence-corrected chi connectivity index (χ4v) is 2.08. The summed E-state index contributed by atoms with van der Waals surface area (Å²) in [6.07, 6.45) is 0.848. The molecule has 1 atom stereocenters. The monoisotopic (exact) mass is 238 g/mol. The van der Waals surface area contributed by atoms with Gasteiger partial charge in [-0.1, -0.05) is 17.7 Å². The van der Waals surface area contributed by atoms with Crippen LogP contribution in [0.1, 0.15) is 12.0 Å². The van der Waals surface area contributed by atoms with Gasteiger partial charge in [0, 0.05) is 24.3 Å². The van der Waals surface area contributed by atoms with E-state index < -0.39 is 0 Å². The topological polar surface area (TPSA) is 32.3 Å². The summed E-state index contributed by atoms with van der Waals surface area (Å²) in [6.45, 7) is 2.77.